The molecule has 2 atom stereocenters. The van der Waals surface area contributed by atoms with Crippen molar-refractivity contribution in [2.75, 3.05) is 0 Å². The van der Waals surface area contributed by atoms with Crippen LogP contribution in [0.25, 0.3) is 0 Å². The largest absolute Gasteiger partial charge is 0.368 e. The van der Waals surface area contributed by atoms with Crippen molar-refractivity contribution in [3.63, 3.8) is 0 Å². The van der Waals surface area contributed by atoms with E-state index in [4.69, 9.17) is 11.5 Å². The molecule has 0 radical (unpaired) electrons. The third-order valence-corrected chi connectivity index (χ3v) is 4.18. The monoisotopic (exact) mass is 252 g/mol. The number of rotatable bonds is 3. The van der Waals surface area contributed by atoms with Gasteiger partial charge in [-0.05, 0) is 32.3 Å². The fourth-order valence-corrected chi connectivity index (χ4v) is 3.22. The van der Waals surface area contributed by atoms with E-state index in [1.807, 2.05) is 13.0 Å². The lowest BCUT2D eigenvalue weighted by Crippen LogP contribution is -2.50. The maximum absolute atomic E-state index is 11.2. The molecule has 0 aliphatic heterocycles. The minimum absolute atomic E-state index is 0.272. The van der Waals surface area contributed by atoms with E-state index < -0.39 is 11.4 Å². The smallest absolute Gasteiger partial charge is 0.237 e. The maximum atomic E-state index is 11.2. The molecule has 1 aromatic heterocycles. The number of aromatic nitrogens is 2. The van der Waals surface area contributed by atoms with Gasteiger partial charge in [-0.1, -0.05) is 11.8 Å². The molecule has 1 aromatic rings. The van der Waals surface area contributed by atoms with Gasteiger partial charge in [0.05, 0.1) is 5.54 Å². The highest BCUT2D eigenvalue weighted by molar-refractivity contribution is 7.99. The van der Waals surface area contributed by atoms with Crippen LogP contribution >= 0.6 is 11.8 Å². The Balaban J connectivity index is 2.01. The second-order valence-electron chi connectivity index (χ2n) is 4.48. The van der Waals surface area contributed by atoms with Crippen LogP contribution in [-0.2, 0) is 4.79 Å². The standard InChI is InChI=1S/C11H16N4OS/c1-7-3-5-14-10(15-7)17-8-2-4-11(13,6-8)9(12)16/h3,5,8H,2,4,6,13H2,1H3,(H2,12,16). The van der Waals surface area contributed by atoms with Crippen LogP contribution in [0.3, 0.4) is 0 Å². The normalized spacial score (nSPS) is 28.2. The summed E-state index contributed by atoms with van der Waals surface area (Å²) in [6, 6.07) is 1.86. The zero-order valence-electron chi connectivity index (χ0n) is 9.72. The number of hydrogen-bond acceptors (Lipinski definition) is 5. The Morgan fingerprint density at radius 1 is 1.65 bits per heavy atom. The molecule has 6 heteroatoms. The Bertz CT molecular complexity index is 439. The highest BCUT2D eigenvalue weighted by Crippen LogP contribution is 2.37. The number of primary amides is 1. The third kappa shape index (κ3) is 2.76. The topological polar surface area (TPSA) is 94.9 Å². The summed E-state index contributed by atoms with van der Waals surface area (Å²) in [4.78, 5) is 19.7. The van der Waals surface area contributed by atoms with Crippen LogP contribution in [0.1, 0.15) is 25.0 Å². The Morgan fingerprint density at radius 3 is 3.00 bits per heavy atom. The lowest BCUT2D eigenvalue weighted by Gasteiger charge is -2.19. The Kier molecular flexibility index (Phi) is 3.35. The number of aryl methyl sites for hydroxylation is 1. The highest BCUT2D eigenvalue weighted by atomic mass is 32.2. The van der Waals surface area contributed by atoms with E-state index >= 15 is 0 Å². The summed E-state index contributed by atoms with van der Waals surface area (Å²) in [5.41, 5.74) is 11.3. The van der Waals surface area contributed by atoms with Crippen LogP contribution in [0, 0.1) is 6.92 Å². The summed E-state index contributed by atoms with van der Waals surface area (Å²) in [6.07, 6.45) is 3.86. The van der Waals surface area contributed by atoms with Crippen molar-refractivity contribution in [1.82, 2.24) is 9.97 Å². The molecule has 0 saturated heterocycles. The number of carbonyl (C=O) groups excluding carboxylic acids is 1. The summed E-state index contributed by atoms with van der Waals surface area (Å²) in [6.45, 7) is 1.93. The molecule has 1 heterocycles. The van der Waals surface area contributed by atoms with Gasteiger partial charge in [0.15, 0.2) is 5.16 Å². The van der Waals surface area contributed by atoms with Crippen LogP contribution in [0.2, 0.25) is 0 Å². The second-order valence-corrected chi connectivity index (χ2v) is 5.75. The highest BCUT2D eigenvalue weighted by Gasteiger charge is 2.41. The SMILES string of the molecule is Cc1ccnc(SC2CCC(N)(C(N)=O)C2)n1. The molecular weight excluding hydrogens is 236 g/mol. The lowest BCUT2D eigenvalue weighted by molar-refractivity contribution is -0.122. The lowest BCUT2D eigenvalue weighted by atomic mass is 9.99. The summed E-state index contributed by atoms with van der Waals surface area (Å²) < 4.78 is 0. The zero-order chi connectivity index (χ0) is 12.5. The molecule has 1 amide bonds. The van der Waals surface area contributed by atoms with Gasteiger partial charge in [-0.2, -0.15) is 0 Å². The molecule has 2 rings (SSSR count). The van der Waals surface area contributed by atoms with Gasteiger partial charge in [0.25, 0.3) is 0 Å². The summed E-state index contributed by atoms with van der Waals surface area (Å²) in [7, 11) is 0. The van der Waals surface area contributed by atoms with E-state index in [9.17, 15) is 4.79 Å². The number of nitrogens with two attached hydrogens (primary N) is 2. The van der Waals surface area contributed by atoms with Crippen molar-refractivity contribution in [3.05, 3.63) is 18.0 Å². The van der Waals surface area contributed by atoms with Gasteiger partial charge in [0.2, 0.25) is 5.91 Å². The predicted octanol–water partition coefficient (Wildman–Crippen LogP) is 0.612. The molecule has 0 spiro atoms. The number of thioether (sulfide) groups is 1. The number of carbonyl (C=O) groups is 1. The fourth-order valence-electron chi connectivity index (χ4n) is 1.99. The summed E-state index contributed by atoms with van der Waals surface area (Å²) >= 11 is 1.58. The van der Waals surface area contributed by atoms with Crippen molar-refractivity contribution >= 4 is 17.7 Å². The molecule has 4 N–H and O–H groups in total. The molecule has 0 bridgehead atoms. The number of nitrogens with zero attached hydrogens (tertiary/aromatic N) is 2. The van der Waals surface area contributed by atoms with Crippen molar-refractivity contribution in [2.24, 2.45) is 11.5 Å². The van der Waals surface area contributed by atoms with E-state index in [0.717, 1.165) is 17.3 Å². The van der Waals surface area contributed by atoms with Crippen LogP contribution in [0.15, 0.2) is 17.4 Å². The van der Waals surface area contributed by atoms with E-state index in [2.05, 4.69) is 9.97 Å². The first-order valence-electron chi connectivity index (χ1n) is 5.55. The van der Waals surface area contributed by atoms with Crippen LogP contribution in [0.5, 0.6) is 0 Å². The molecule has 0 aromatic carbocycles. The van der Waals surface area contributed by atoms with Gasteiger partial charge < -0.3 is 11.5 Å². The van der Waals surface area contributed by atoms with Gasteiger partial charge in [-0.15, -0.1) is 0 Å². The van der Waals surface area contributed by atoms with Crippen molar-refractivity contribution in [1.29, 1.82) is 0 Å². The molecule has 1 fully saturated rings. The minimum atomic E-state index is -0.846. The molecule has 1 aliphatic rings. The molecule has 2 unspecified atom stereocenters. The number of amides is 1. The molecule has 5 nitrogen and oxygen atoms in total. The first kappa shape index (κ1) is 12.3. The Hall–Kier alpha value is -1.14. The second kappa shape index (κ2) is 4.62. The first-order valence-corrected chi connectivity index (χ1v) is 6.43. The van der Waals surface area contributed by atoms with Crippen LogP contribution in [-0.4, -0.2) is 26.7 Å². The van der Waals surface area contributed by atoms with Crippen molar-refractivity contribution in [2.45, 2.75) is 42.1 Å². The molecule has 92 valence electrons. The molecule has 1 aliphatic carbocycles. The molecular formula is C11H16N4OS. The van der Waals surface area contributed by atoms with E-state index in [1.54, 1.807) is 18.0 Å². The van der Waals surface area contributed by atoms with Gasteiger partial charge in [-0.25, -0.2) is 9.97 Å². The van der Waals surface area contributed by atoms with E-state index in [1.165, 1.54) is 0 Å². The average Bonchev–Trinajstić information content (AvgIpc) is 2.61. The predicted molar refractivity (Wildman–Crippen MR) is 66.4 cm³/mol. The summed E-state index contributed by atoms with van der Waals surface area (Å²) in [5.74, 6) is -0.411. The Morgan fingerprint density at radius 2 is 2.41 bits per heavy atom. The summed E-state index contributed by atoms with van der Waals surface area (Å²) in [5, 5.41) is 1.01. The van der Waals surface area contributed by atoms with Gasteiger partial charge in [-0.3, -0.25) is 4.79 Å². The quantitative estimate of drug-likeness (QED) is 0.769. The van der Waals surface area contributed by atoms with Gasteiger partial charge in [0.1, 0.15) is 0 Å². The fraction of sp³-hybridized carbons (Fsp3) is 0.545. The zero-order valence-corrected chi connectivity index (χ0v) is 10.5. The van der Waals surface area contributed by atoms with E-state index in [0.29, 0.717) is 12.8 Å². The Labute approximate surface area is 104 Å². The number of hydrogen-bond donors (Lipinski definition) is 2. The minimum Gasteiger partial charge on any atom is -0.368 e. The molecule has 17 heavy (non-hydrogen) atoms. The van der Waals surface area contributed by atoms with Crippen molar-refractivity contribution < 1.29 is 4.79 Å². The molecule has 1 saturated carbocycles. The maximum Gasteiger partial charge on any atom is 0.237 e. The third-order valence-electron chi connectivity index (χ3n) is 3.04. The first-order chi connectivity index (χ1) is 7.99. The van der Waals surface area contributed by atoms with Crippen LogP contribution < -0.4 is 11.5 Å². The van der Waals surface area contributed by atoms with Gasteiger partial charge >= 0.3 is 0 Å². The average molecular weight is 252 g/mol. The van der Waals surface area contributed by atoms with Crippen molar-refractivity contribution in [3.8, 4) is 0 Å². The van der Waals surface area contributed by atoms with Gasteiger partial charge in [0, 0.05) is 17.1 Å². The van der Waals surface area contributed by atoms with E-state index in [-0.39, 0.29) is 5.25 Å². The van der Waals surface area contributed by atoms with Crippen LogP contribution in [0.4, 0.5) is 0 Å².